The van der Waals surface area contributed by atoms with Crippen molar-refractivity contribution in [1.82, 2.24) is 9.96 Å². The van der Waals surface area contributed by atoms with E-state index < -0.39 is 12.1 Å². The van der Waals surface area contributed by atoms with Crippen molar-refractivity contribution in [2.75, 3.05) is 27.2 Å². The lowest BCUT2D eigenvalue weighted by Gasteiger charge is -2.18. The molecule has 0 atom stereocenters. The molecule has 6 nitrogen and oxygen atoms in total. The minimum absolute atomic E-state index is 0.145. The van der Waals surface area contributed by atoms with Crippen LogP contribution >= 0.6 is 0 Å². The van der Waals surface area contributed by atoms with E-state index in [-0.39, 0.29) is 6.54 Å². The lowest BCUT2D eigenvalue weighted by atomic mass is 10.2. The van der Waals surface area contributed by atoms with E-state index in [0.29, 0.717) is 23.6 Å². The molecule has 0 aliphatic heterocycles. The van der Waals surface area contributed by atoms with Crippen LogP contribution in [0.1, 0.15) is 16.8 Å². The van der Waals surface area contributed by atoms with Gasteiger partial charge in [-0.15, -0.1) is 5.06 Å². The first-order valence-corrected chi connectivity index (χ1v) is 5.93. The van der Waals surface area contributed by atoms with Crippen LogP contribution in [0.3, 0.4) is 0 Å². The average Bonchev–Trinajstić information content (AvgIpc) is 2.37. The lowest BCUT2D eigenvalue weighted by Crippen LogP contribution is -2.34. The zero-order chi connectivity index (χ0) is 14.3. The molecule has 6 heteroatoms. The molecule has 0 spiro atoms. The maximum absolute atomic E-state index is 11.7. The van der Waals surface area contributed by atoms with E-state index in [1.165, 1.54) is 0 Å². The summed E-state index contributed by atoms with van der Waals surface area (Å²) in [7, 11) is 3.78. The quantitative estimate of drug-likeness (QED) is 0.821. The van der Waals surface area contributed by atoms with E-state index in [9.17, 15) is 9.59 Å². The van der Waals surface area contributed by atoms with E-state index in [4.69, 9.17) is 9.94 Å². The number of hydrogen-bond acceptors (Lipinski definition) is 4. The highest BCUT2D eigenvalue weighted by atomic mass is 16.7. The fourth-order valence-electron chi connectivity index (χ4n) is 1.44. The number of carboxylic acid groups (broad SMARTS) is 1. The third-order valence-corrected chi connectivity index (χ3v) is 2.38. The molecule has 0 aliphatic rings. The van der Waals surface area contributed by atoms with Gasteiger partial charge in [0.05, 0.1) is 12.1 Å². The first-order valence-electron chi connectivity index (χ1n) is 5.93. The summed E-state index contributed by atoms with van der Waals surface area (Å²) in [5, 5.41) is 9.63. The number of benzene rings is 1. The molecule has 0 saturated heterocycles. The Hall–Kier alpha value is -2.08. The highest BCUT2D eigenvalue weighted by Crippen LogP contribution is 2.04. The zero-order valence-corrected chi connectivity index (χ0v) is 11.1. The number of nitrogens with zero attached hydrogens (tertiary/aromatic N) is 2. The van der Waals surface area contributed by atoms with Crippen LogP contribution in [0.4, 0.5) is 4.79 Å². The Morgan fingerprint density at radius 1 is 1.16 bits per heavy atom. The van der Waals surface area contributed by atoms with Gasteiger partial charge in [-0.05, 0) is 39.2 Å². The Balaban J connectivity index is 2.54. The average molecular weight is 266 g/mol. The summed E-state index contributed by atoms with van der Waals surface area (Å²) in [6.07, 6.45) is -0.690. The number of hydrogen-bond donors (Lipinski definition) is 1. The monoisotopic (exact) mass is 266 g/mol. The van der Waals surface area contributed by atoms with Crippen LogP contribution in [0.2, 0.25) is 0 Å². The third kappa shape index (κ3) is 5.39. The fourth-order valence-corrected chi connectivity index (χ4v) is 1.44. The summed E-state index contributed by atoms with van der Waals surface area (Å²) in [6, 6.07) is 8.29. The van der Waals surface area contributed by atoms with Crippen LogP contribution in [0.15, 0.2) is 30.3 Å². The lowest BCUT2D eigenvalue weighted by molar-refractivity contribution is -0.0878. The maximum atomic E-state index is 11.7. The summed E-state index contributed by atoms with van der Waals surface area (Å²) < 4.78 is 0. The van der Waals surface area contributed by atoms with Gasteiger partial charge in [-0.2, -0.15) is 0 Å². The molecular weight excluding hydrogens is 248 g/mol. The molecule has 0 unspecified atom stereocenters. The first-order chi connectivity index (χ1) is 9.00. The summed E-state index contributed by atoms with van der Waals surface area (Å²) in [5.74, 6) is -0.673. The second-order valence-corrected chi connectivity index (χ2v) is 4.29. The zero-order valence-electron chi connectivity index (χ0n) is 11.1. The molecule has 0 saturated carbocycles. The Bertz CT molecular complexity index is 420. The van der Waals surface area contributed by atoms with Gasteiger partial charge in [0.25, 0.3) is 0 Å². The third-order valence-electron chi connectivity index (χ3n) is 2.38. The van der Waals surface area contributed by atoms with E-state index >= 15 is 0 Å². The normalized spacial score (nSPS) is 10.3. The van der Waals surface area contributed by atoms with Crippen LogP contribution in [0.25, 0.3) is 0 Å². The van der Waals surface area contributed by atoms with Crippen molar-refractivity contribution in [2.45, 2.75) is 6.42 Å². The first kappa shape index (κ1) is 15.0. The van der Waals surface area contributed by atoms with Crippen molar-refractivity contribution in [3.05, 3.63) is 35.9 Å². The van der Waals surface area contributed by atoms with E-state index in [0.717, 1.165) is 0 Å². The van der Waals surface area contributed by atoms with E-state index in [1.807, 2.05) is 19.0 Å². The summed E-state index contributed by atoms with van der Waals surface area (Å²) in [4.78, 5) is 29.5. The molecule has 1 aromatic carbocycles. The Kier molecular flexibility index (Phi) is 5.81. The molecular formula is C13H18N2O4. The summed E-state index contributed by atoms with van der Waals surface area (Å²) in [6.45, 7) is 0.860. The number of amides is 1. The predicted molar refractivity (Wildman–Crippen MR) is 69.8 cm³/mol. The number of rotatable bonds is 5. The van der Waals surface area contributed by atoms with Gasteiger partial charge in [-0.25, -0.2) is 9.59 Å². The smallest absolute Gasteiger partial charge is 0.440 e. The standard InChI is InChI=1S/C13H18N2O4/c1-14(2)9-6-10-15(13(17)18)19-12(16)11-7-4-3-5-8-11/h3-5,7-8H,6,9-10H2,1-2H3,(H,17,18). The van der Waals surface area contributed by atoms with Gasteiger partial charge in [0.15, 0.2) is 0 Å². The Labute approximate surface area is 112 Å². The summed E-state index contributed by atoms with van der Waals surface area (Å²) in [5.41, 5.74) is 0.321. The minimum atomic E-state index is -1.27. The van der Waals surface area contributed by atoms with Crippen LogP contribution in [0, 0.1) is 0 Å². The number of carbonyl (C=O) groups excluding carboxylic acids is 1. The van der Waals surface area contributed by atoms with Crippen LogP contribution < -0.4 is 0 Å². The van der Waals surface area contributed by atoms with E-state index in [2.05, 4.69) is 0 Å². The van der Waals surface area contributed by atoms with Gasteiger partial charge in [0.1, 0.15) is 0 Å². The minimum Gasteiger partial charge on any atom is -0.463 e. The molecule has 1 amide bonds. The Morgan fingerprint density at radius 2 is 1.79 bits per heavy atom. The number of hydroxylamine groups is 2. The largest absolute Gasteiger partial charge is 0.463 e. The van der Waals surface area contributed by atoms with Crippen molar-refractivity contribution >= 4 is 12.1 Å². The van der Waals surface area contributed by atoms with Crippen molar-refractivity contribution in [3.63, 3.8) is 0 Å². The molecule has 104 valence electrons. The second-order valence-electron chi connectivity index (χ2n) is 4.29. The SMILES string of the molecule is CN(C)CCCN(OC(=O)c1ccccc1)C(=O)O. The molecule has 19 heavy (non-hydrogen) atoms. The van der Waals surface area contributed by atoms with Crippen molar-refractivity contribution in [1.29, 1.82) is 0 Å². The molecule has 0 bridgehead atoms. The van der Waals surface area contributed by atoms with Gasteiger partial charge >= 0.3 is 12.1 Å². The maximum Gasteiger partial charge on any atom is 0.440 e. The second kappa shape index (κ2) is 7.38. The van der Waals surface area contributed by atoms with Crippen molar-refractivity contribution in [2.24, 2.45) is 0 Å². The molecule has 1 rings (SSSR count). The molecule has 0 aromatic heterocycles. The van der Waals surface area contributed by atoms with Crippen molar-refractivity contribution < 1.29 is 19.5 Å². The molecule has 1 aromatic rings. The highest BCUT2D eigenvalue weighted by molar-refractivity contribution is 5.89. The van der Waals surface area contributed by atoms with Gasteiger partial charge in [-0.3, -0.25) is 0 Å². The molecule has 0 aliphatic carbocycles. The number of carbonyl (C=O) groups is 2. The van der Waals surface area contributed by atoms with Crippen LogP contribution in [-0.2, 0) is 4.84 Å². The molecule has 0 radical (unpaired) electrons. The van der Waals surface area contributed by atoms with Gasteiger partial charge in [0, 0.05) is 0 Å². The van der Waals surface area contributed by atoms with Crippen molar-refractivity contribution in [3.8, 4) is 0 Å². The topological polar surface area (TPSA) is 70.1 Å². The summed E-state index contributed by atoms with van der Waals surface area (Å²) >= 11 is 0. The van der Waals surface area contributed by atoms with Crippen LogP contribution in [-0.4, -0.2) is 54.3 Å². The van der Waals surface area contributed by atoms with Gasteiger partial charge in [0.2, 0.25) is 0 Å². The molecule has 1 N–H and O–H groups in total. The van der Waals surface area contributed by atoms with Gasteiger partial charge in [-0.1, -0.05) is 18.2 Å². The molecule has 0 heterocycles. The van der Waals surface area contributed by atoms with Crippen LogP contribution in [0.5, 0.6) is 0 Å². The van der Waals surface area contributed by atoms with E-state index in [1.54, 1.807) is 30.3 Å². The fraction of sp³-hybridized carbons (Fsp3) is 0.385. The highest BCUT2D eigenvalue weighted by Gasteiger charge is 2.18. The molecule has 0 fully saturated rings. The predicted octanol–water partition coefficient (Wildman–Crippen LogP) is 1.69. The Morgan fingerprint density at radius 3 is 2.32 bits per heavy atom. The van der Waals surface area contributed by atoms with Gasteiger partial charge < -0.3 is 14.8 Å².